The summed E-state index contributed by atoms with van der Waals surface area (Å²) in [5.74, 6) is 0. The van der Waals surface area contributed by atoms with Gasteiger partial charge in [0.2, 0.25) is 0 Å². The lowest BCUT2D eigenvalue weighted by atomic mass is 9.83. The molecule has 0 aliphatic carbocycles. The lowest BCUT2D eigenvalue weighted by molar-refractivity contribution is -0.0383. The van der Waals surface area contributed by atoms with Gasteiger partial charge >= 0.3 is 0 Å². The molecule has 0 spiro atoms. The van der Waals surface area contributed by atoms with Gasteiger partial charge in [0.15, 0.2) is 0 Å². The first-order valence-electron chi connectivity index (χ1n) is 7.82. The van der Waals surface area contributed by atoms with Crippen molar-refractivity contribution in [2.45, 2.75) is 66.7 Å². The average molecular weight is 281 g/mol. The molecule has 0 saturated carbocycles. The van der Waals surface area contributed by atoms with Gasteiger partial charge in [-0.25, -0.2) is 0 Å². The smallest absolute Gasteiger partial charge is 0.0832 e. The largest absolute Gasteiger partial charge is 0.376 e. The van der Waals surface area contributed by atoms with Gasteiger partial charge in [-0.15, -0.1) is 0 Å². The summed E-state index contributed by atoms with van der Waals surface area (Å²) in [7, 11) is 0. The predicted octanol–water partition coefficient (Wildman–Crippen LogP) is 3.39. The average Bonchev–Trinajstić information content (AvgIpc) is 2.85. The van der Waals surface area contributed by atoms with E-state index in [-0.39, 0.29) is 17.6 Å². The van der Waals surface area contributed by atoms with Gasteiger partial charge in [-0.3, -0.25) is 4.68 Å². The molecular weight excluding hydrogens is 250 g/mol. The van der Waals surface area contributed by atoms with E-state index in [1.54, 1.807) is 0 Å². The van der Waals surface area contributed by atoms with Crippen molar-refractivity contribution in [1.82, 2.24) is 15.1 Å². The summed E-state index contributed by atoms with van der Waals surface area (Å²) in [6.07, 6.45) is 3.12. The molecule has 0 bridgehead atoms. The van der Waals surface area contributed by atoms with E-state index >= 15 is 0 Å². The van der Waals surface area contributed by atoms with Gasteiger partial charge in [0, 0.05) is 19.3 Å². The fourth-order valence-corrected chi connectivity index (χ4v) is 2.56. The van der Waals surface area contributed by atoms with Crippen molar-refractivity contribution in [3.63, 3.8) is 0 Å². The van der Waals surface area contributed by atoms with Gasteiger partial charge in [-0.2, -0.15) is 5.10 Å². The zero-order valence-corrected chi connectivity index (χ0v) is 13.9. The summed E-state index contributed by atoms with van der Waals surface area (Å²) in [6, 6.07) is 2.28. The molecule has 20 heavy (non-hydrogen) atoms. The predicted molar refractivity (Wildman–Crippen MR) is 83.8 cm³/mol. The van der Waals surface area contributed by atoms with Crippen LogP contribution in [-0.2, 0) is 11.3 Å². The molecule has 0 amide bonds. The lowest BCUT2D eigenvalue weighted by Gasteiger charge is -2.37. The van der Waals surface area contributed by atoms with Crippen LogP contribution in [0, 0.1) is 5.41 Å². The zero-order chi connectivity index (χ0) is 15.2. The van der Waals surface area contributed by atoms with Gasteiger partial charge in [0.25, 0.3) is 0 Å². The minimum atomic E-state index is 0.0737. The van der Waals surface area contributed by atoms with Crippen molar-refractivity contribution in [1.29, 1.82) is 0 Å². The van der Waals surface area contributed by atoms with Gasteiger partial charge in [0.1, 0.15) is 0 Å². The normalized spacial score (nSPS) is 15.3. The molecule has 1 aromatic rings. The van der Waals surface area contributed by atoms with Crippen molar-refractivity contribution in [3.05, 3.63) is 18.0 Å². The SMILES string of the molecule is CCCNC(c1ccnn1CC)C(OCC)C(C)(C)C. The van der Waals surface area contributed by atoms with E-state index in [4.69, 9.17) is 4.74 Å². The van der Waals surface area contributed by atoms with Crippen molar-refractivity contribution in [2.24, 2.45) is 5.41 Å². The fraction of sp³-hybridized carbons (Fsp3) is 0.812. The van der Waals surface area contributed by atoms with Crippen LogP contribution in [0.2, 0.25) is 0 Å². The number of nitrogens with zero attached hydrogens (tertiary/aromatic N) is 2. The van der Waals surface area contributed by atoms with Gasteiger partial charge < -0.3 is 10.1 Å². The van der Waals surface area contributed by atoms with E-state index in [1.165, 1.54) is 5.69 Å². The van der Waals surface area contributed by atoms with Gasteiger partial charge in [0.05, 0.1) is 17.8 Å². The van der Waals surface area contributed by atoms with Crippen LogP contribution in [0.15, 0.2) is 12.3 Å². The monoisotopic (exact) mass is 281 g/mol. The Hall–Kier alpha value is -0.870. The fourth-order valence-electron chi connectivity index (χ4n) is 2.56. The van der Waals surface area contributed by atoms with Crippen LogP contribution in [0.5, 0.6) is 0 Å². The van der Waals surface area contributed by atoms with E-state index in [9.17, 15) is 0 Å². The summed E-state index contributed by atoms with van der Waals surface area (Å²) in [5.41, 5.74) is 1.29. The third-order valence-corrected chi connectivity index (χ3v) is 3.48. The maximum atomic E-state index is 6.09. The molecule has 0 aromatic carbocycles. The highest BCUT2D eigenvalue weighted by Gasteiger charge is 2.35. The van der Waals surface area contributed by atoms with Crippen LogP contribution < -0.4 is 5.32 Å². The molecule has 116 valence electrons. The second-order valence-electron chi connectivity index (χ2n) is 6.25. The highest BCUT2D eigenvalue weighted by atomic mass is 16.5. The molecule has 4 heteroatoms. The van der Waals surface area contributed by atoms with Crippen LogP contribution in [-0.4, -0.2) is 29.0 Å². The maximum absolute atomic E-state index is 6.09. The molecule has 2 atom stereocenters. The van der Waals surface area contributed by atoms with E-state index in [1.807, 2.05) is 6.20 Å². The topological polar surface area (TPSA) is 39.1 Å². The van der Waals surface area contributed by atoms with Crippen LogP contribution in [0.1, 0.15) is 59.7 Å². The third kappa shape index (κ3) is 4.32. The highest BCUT2D eigenvalue weighted by Crippen LogP contribution is 2.32. The van der Waals surface area contributed by atoms with E-state index in [0.717, 1.165) is 26.1 Å². The number of ether oxygens (including phenoxy) is 1. The molecule has 0 fully saturated rings. The number of hydrogen-bond donors (Lipinski definition) is 1. The highest BCUT2D eigenvalue weighted by molar-refractivity contribution is 5.11. The van der Waals surface area contributed by atoms with Crippen LogP contribution >= 0.6 is 0 Å². The molecule has 0 saturated heterocycles. The van der Waals surface area contributed by atoms with E-state index in [0.29, 0.717) is 0 Å². The second-order valence-corrected chi connectivity index (χ2v) is 6.25. The third-order valence-electron chi connectivity index (χ3n) is 3.48. The van der Waals surface area contributed by atoms with Crippen LogP contribution in [0.3, 0.4) is 0 Å². The Morgan fingerprint density at radius 3 is 2.50 bits per heavy atom. The van der Waals surface area contributed by atoms with E-state index < -0.39 is 0 Å². The number of rotatable bonds is 8. The van der Waals surface area contributed by atoms with Crippen molar-refractivity contribution in [2.75, 3.05) is 13.2 Å². The zero-order valence-electron chi connectivity index (χ0n) is 13.9. The standard InChI is InChI=1S/C16H31N3O/c1-7-11-17-14(13-10-12-18-19(13)8-2)15(20-9-3)16(4,5)6/h10,12,14-15,17H,7-9,11H2,1-6H3. The molecule has 1 heterocycles. The molecule has 0 aliphatic heterocycles. The van der Waals surface area contributed by atoms with Gasteiger partial charge in [-0.1, -0.05) is 27.7 Å². The van der Waals surface area contributed by atoms with Crippen molar-refractivity contribution in [3.8, 4) is 0 Å². The molecule has 2 unspecified atom stereocenters. The number of nitrogens with one attached hydrogen (secondary N) is 1. The lowest BCUT2D eigenvalue weighted by Crippen LogP contribution is -2.43. The minimum Gasteiger partial charge on any atom is -0.376 e. The summed E-state index contributed by atoms with van der Waals surface area (Å²) < 4.78 is 8.15. The Morgan fingerprint density at radius 1 is 1.30 bits per heavy atom. The summed E-state index contributed by atoms with van der Waals surface area (Å²) >= 11 is 0. The van der Waals surface area contributed by atoms with E-state index in [2.05, 4.69) is 62.7 Å². The van der Waals surface area contributed by atoms with Crippen LogP contribution in [0.25, 0.3) is 0 Å². The maximum Gasteiger partial charge on any atom is 0.0832 e. The Kier molecular flexibility index (Phi) is 6.69. The van der Waals surface area contributed by atoms with Gasteiger partial charge in [-0.05, 0) is 38.3 Å². The Balaban J connectivity index is 3.08. The quantitative estimate of drug-likeness (QED) is 0.794. The number of hydrogen-bond acceptors (Lipinski definition) is 3. The second kappa shape index (κ2) is 7.79. The summed E-state index contributed by atoms with van der Waals surface area (Å²) in [5, 5.41) is 8.06. The summed E-state index contributed by atoms with van der Waals surface area (Å²) in [6.45, 7) is 15.7. The first-order chi connectivity index (χ1) is 9.45. The molecule has 1 aromatic heterocycles. The Labute approximate surface area is 123 Å². The van der Waals surface area contributed by atoms with Crippen LogP contribution in [0.4, 0.5) is 0 Å². The summed E-state index contributed by atoms with van der Waals surface area (Å²) in [4.78, 5) is 0. The Bertz CT molecular complexity index is 381. The molecule has 1 rings (SSSR count). The first kappa shape index (κ1) is 17.2. The minimum absolute atomic E-state index is 0.0737. The molecule has 0 aliphatic rings. The Morgan fingerprint density at radius 2 is 2.00 bits per heavy atom. The molecular formula is C16H31N3O. The first-order valence-corrected chi connectivity index (χ1v) is 7.82. The molecule has 4 nitrogen and oxygen atoms in total. The van der Waals surface area contributed by atoms with Crippen molar-refractivity contribution < 1.29 is 4.74 Å². The molecule has 0 radical (unpaired) electrons. The number of aryl methyl sites for hydroxylation is 1. The molecule has 1 N–H and O–H groups in total. The number of aromatic nitrogens is 2. The van der Waals surface area contributed by atoms with Crippen molar-refractivity contribution >= 4 is 0 Å².